The van der Waals surface area contributed by atoms with E-state index in [0.29, 0.717) is 0 Å². The Bertz CT molecular complexity index is 351. The van der Waals surface area contributed by atoms with E-state index in [-0.39, 0.29) is 0 Å². The molecule has 1 radical (unpaired) electrons. The molecule has 0 saturated heterocycles. The summed E-state index contributed by atoms with van der Waals surface area (Å²) in [5.41, 5.74) is 0. The van der Waals surface area contributed by atoms with Gasteiger partial charge in [-0.25, -0.2) is 0 Å². The van der Waals surface area contributed by atoms with Crippen molar-refractivity contribution in [3.8, 4) is 5.75 Å². The van der Waals surface area contributed by atoms with E-state index in [1.807, 2.05) is 18.2 Å². The fraction of sp³-hybridized carbons (Fsp3) is 0.632. The molecule has 0 N–H and O–H groups in total. The average Bonchev–Trinajstić information content (AvgIpc) is 2.53. The van der Waals surface area contributed by atoms with Gasteiger partial charge in [0, 0.05) is 11.2 Å². The SMILES string of the molecule is [CH2]Sc1ccccc1OCCCCCCCCCCCC. The third kappa shape index (κ3) is 9.08. The highest BCUT2D eigenvalue weighted by atomic mass is 32.2. The number of hydrogen-bond acceptors (Lipinski definition) is 2. The van der Waals surface area contributed by atoms with Gasteiger partial charge in [-0.3, -0.25) is 0 Å². The molecule has 0 saturated carbocycles. The van der Waals surface area contributed by atoms with Gasteiger partial charge in [0.25, 0.3) is 0 Å². The minimum atomic E-state index is 0.827. The van der Waals surface area contributed by atoms with E-state index >= 15 is 0 Å². The van der Waals surface area contributed by atoms with E-state index in [1.54, 1.807) is 0 Å². The number of benzene rings is 1. The van der Waals surface area contributed by atoms with Crippen molar-refractivity contribution < 1.29 is 4.74 Å². The second kappa shape index (κ2) is 13.1. The lowest BCUT2D eigenvalue weighted by molar-refractivity contribution is 0.297. The summed E-state index contributed by atoms with van der Waals surface area (Å²) in [5, 5.41) is 0. The molecular formula is C19H31OS. The second-order valence-corrected chi connectivity index (χ2v) is 6.35. The number of rotatable bonds is 13. The highest BCUT2D eigenvalue weighted by molar-refractivity contribution is 8.00. The van der Waals surface area contributed by atoms with Crippen molar-refractivity contribution in [3.63, 3.8) is 0 Å². The van der Waals surface area contributed by atoms with Gasteiger partial charge in [0.15, 0.2) is 0 Å². The van der Waals surface area contributed by atoms with E-state index < -0.39 is 0 Å². The lowest BCUT2D eigenvalue weighted by atomic mass is 10.1. The van der Waals surface area contributed by atoms with Crippen LogP contribution in [0.5, 0.6) is 5.75 Å². The molecule has 0 aliphatic carbocycles. The first-order valence-electron chi connectivity index (χ1n) is 8.52. The molecule has 0 heterocycles. The summed E-state index contributed by atoms with van der Waals surface area (Å²) in [6.07, 6.45) is 17.5. The average molecular weight is 308 g/mol. The highest BCUT2D eigenvalue weighted by Gasteiger charge is 2.00. The molecule has 0 aliphatic rings. The van der Waals surface area contributed by atoms with Crippen molar-refractivity contribution in [3.05, 3.63) is 30.5 Å². The summed E-state index contributed by atoms with van der Waals surface area (Å²) >= 11 is 1.50. The summed E-state index contributed by atoms with van der Waals surface area (Å²) in [5.74, 6) is 0.980. The standard InChI is InChI=1S/C19H31OS/c1-3-4-5-6-7-8-9-10-11-14-17-20-18-15-12-13-16-19(18)21-2/h12-13,15-16H,2-11,14,17H2,1H3. The molecule has 0 spiro atoms. The topological polar surface area (TPSA) is 9.23 Å². The Morgan fingerprint density at radius 2 is 1.43 bits per heavy atom. The van der Waals surface area contributed by atoms with Crippen LogP contribution in [0.3, 0.4) is 0 Å². The van der Waals surface area contributed by atoms with Gasteiger partial charge in [-0.15, -0.1) is 11.8 Å². The maximum Gasteiger partial charge on any atom is 0.132 e. The fourth-order valence-electron chi connectivity index (χ4n) is 2.46. The molecule has 0 bridgehead atoms. The molecule has 1 aromatic rings. The first-order chi connectivity index (χ1) is 10.4. The molecule has 0 unspecified atom stereocenters. The van der Waals surface area contributed by atoms with Gasteiger partial charge in [0.05, 0.1) is 6.61 Å². The third-order valence-corrected chi connectivity index (χ3v) is 4.41. The first kappa shape index (κ1) is 18.4. The van der Waals surface area contributed by atoms with Crippen LogP contribution in [0, 0.1) is 6.26 Å². The smallest absolute Gasteiger partial charge is 0.132 e. The molecule has 0 atom stereocenters. The molecule has 2 heteroatoms. The zero-order valence-electron chi connectivity index (χ0n) is 13.6. The summed E-state index contributed by atoms with van der Waals surface area (Å²) in [7, 11) is 0. The molecule has 0 fully saturated rings. The van der Waals surface area contributed by atoms with Crippen LogP contribution in [0.25, 0.3) is 0 Å². The predicted octanol–water partition coefficient (Wildman–Crippen LogP) is 6.87. The van der Waals surface area contributed by atoms with Crippen molar-refractivity contribution >= 4 is 11.8 Å². The van der Waals surface area contributed by atoms with Gasteiger partial charge in [0.2, 0.25) is 0 Å². The molecule has 1 aromatic carbocycles. The van der Waals surface area contributed by atoms with E-state index in [2.05, 4.69) is 19.2 Å². The number of ether oxygens (including phenoxy) is 1. The Hall–Kier alpha value is -0.630. The maximum absolute atomic E-state index is 5.84. The minimum Gasteiger partial charge on any atom is -0.492 e. The molecule has 119 valence electrons. The Kier molecular flexibility index (Phi) is 11.5. The van der Waals surface area contributed by atoms with Gasteiger partial charge < -0.3 is 4.74 Å². The van der Waals surface area contributed by atoms with Crippen LogP contribution < -0.4 is 4.74 Å². The fourth-order valence-corrected chi connectivity index (χ4v) is 2.90. The number of hydrogen-bond donors (Lipinski definition) is 0. The first-order valence-corrected chi connectivity index (χ1v) is 9.51. The van der Waals surface area contributed by atoms with Crippen LogP contribution in [-0.4, -0.2) is 6.61 Å². The van der Waals surface area contributed by atoms with Crippen molar-refractivity contribution in [2.45, 2.75) is 76.0 Å². The van der Waals surface area contributed by atoms with Crippen molar-refractivity contribution in [1.82, 2.24) is 0 Å². The van der Waals surface area contributed by atoms with Crippen molar-refractivity contribution in [2.24, 2.45) is 0 Å². The van der Waals surface area contributed by atoms with E-state index in [4.69, 9.17) is 4.74 Å². The zero-order valence-corrected chi connectivity index (χ0v) is 14.4. The number of thioether (sulfide) groups is 1. The van der Waals surface area contributed by atoms with Crippen molar-refractivity contribution in [1.29, 1.82) is 0 Å². The molecule has 21 heavy (non-hydrogen) atoms. The maximum atomic E-state index is 5.84. The lowest BCUT2D eigenvalue weighted by Crippen LogP contribution is -1.98. The molecule has 0 amide bonds. The normalized spacial score (nSPS) is 10.8. The third-order valence-electron chi connectivity index (χ3n) is 3.76. The summed E-state index contributed by atoms with van der Waals surface area (Å²) in [6.45, 7) is 3.10. The van der Waals surface area contributed by atoms with E-state index in [1.165, 1.54) is 69.5 Å². The van der Waals surface area contributed by atoms with Gasteiger partial charge in [-0.2, -0.15) is 0 Å². The lowest BCUT2D eigenvalue weighted by Gasteiger charge is -2.09. The van der Waals surface area contributed by atoms with E-state index in [9.17, 15) is 0 Å². The monoisotopic (exact) mass is 307 g/mol. The molecule has 1 nitrogen and oxygen atoms in total. The Labute approximate surface area is 135 Å². The number of para-hydroxylation sites is 1. The Balaban J connectivity index is 1.93. The van der Waals surface area contributed by atoms with Gasteiger partial charge in [0.1, 0.15) is 5.75 Å². The van der Waals surface area contributed by atoms with Crippen LogP contribution in [-0.2, 0) is 0 Å². The highest BCUT2D eigenvalue weighted by Crippen LogP contribution is 2.27. The van der Waals surface area contributed by atoms with Crippen LogP contribution >= 0.6 is 11.8 Å². The van der Waals surface area contributed by atoms with Gasteiger partial charge in [-0.1, -0.05) is 76.8 Å². The summed E-state index contributed by atoms with van der Waals surface area (Å²) in [4.78, 5) is 1.13. The summed E-state index contributed by atoms with van der Waals surface area (Å²) in [6, 6.07) is 8.14. The molecule has 0 aromatic heterocycles. The van der Waals surface area contributed by atoms with Gasteiger partial charge in [-0.05, 0) is 18.6 Å². The molecule has 1 rings (SSSR count). The van der Waals surface area contributed by atoms with Crippen LogP contribution in [0.15, 0.2) is 29.2 Å². The van der Waals surface area contributed by atoms with E-state index in [0.717, 1.165) is 23.7 Å². The minimum absolute atomic E-state index is 0.827. The van der Waals surface area contributed by atoms with Crippen LogP contribution in [0.1, 0.15) is 71.1 Å². The largest absolute Gasteiger partial charge is 0.492 e. The zero-order chi connectivity index (χ0) is 15.2. The quantitative estimate of drug-likeness (QED) is 0.290. The van der Waals surface area contributed by atoms with Gasteiger partial charge >= 0.3 is 0 Å². The Morgan fingerprint density at radius 3 is 2.05 bits per heavy atom. The molecular weight excluding hydrogens is 276 g/mol. The summed E-state index contributed by atoms with van der Waals surface area (Å²) < 4.78 is 5.84. The number of unbranched alkanes of at least 4 members (excludes halogenated alkanes) is 9. The van der Waals surface area contributed by atoms with Crippen LogP contribution in [0.2, 0.25) is 0 Å². The van der Waals surface area contributed by atoms with Crippen LogP contribution in [0.4, 0.5) is 0 Å². The Morgan fingerprint density at radius 1 is 0.857 bits per heavy atom. The second-order valence-electron chi connectivity index (χ2n) is 5.62. The predicted molar refractivity (Wildman–Crippen MR) is 95.0 cm³/mol. The van der Waals surface area contributed by atoms with Crippen molar-refractivity contribution in [2.75, 3.05) is 6.61 Å². The molecule has 0 aliphatic heterocycles.